The Morgan fingerprint density at radius 2 is 1.59 bits per heavy atom. The fourth-order valence-electron chi connectivity index (χ4n) is 9.43. The fraction of sp³-hybridized carbons (Fsp3) is 0.567. The van der Waals surface area contributed by atoms with Crippen LogP contribution >= 0.6 is 11.3 Å². The van der Waals surface area contributed by atoms with Crippen LogP contribution in [0.2, 0.25) is 0 Å². The number of aliphatic carboxylic acids is 1. The van der Waals surface area contributed by atoms with Gasteiger partial charge in [-0.2, -0.15) is 0 Å². The number of ketones is 2. The molecule has 1 aliphatic heterocycles. The number of hydrogen-bond donors (Lipinski definition) is 6. The Hall–Kier alpha value is -6.86. The number of benzene rings is 2. The van der Waals surface area contributed by atoms with Gasteiger partial charge in [0.15, 0.2) is 11.9 Å². The lowest BCUT2D eigenvalue weighted by Crippen LogP contribution is -2.58. The van der Waals surface area contributed by atoms with Crippen LogP contribution in [0.5, 0.6) is 0 Å². The average Bonchev–Trinajstić information content (AvgIpc) is 3.98. The summed E-state index contributed by atoms with van der Waals surface area (Å²) in [7, 11) is 1.90. The van der Waals surface area contributed by atoms with Crippen molar-refractivity contribution in [2.75, 3.05) is 32.1 Å². The SMILES string of the molecule is C#CCCCON(C(=O)[C@@H](NC(=O)[C@H]1CCCCN1C)[C@@H](C)CC)[C@H](C[C@@H](OC(C)=O)c1nc(C(=O)N[C@@H](Cc2ccc(NC(=O)CCC(=O)[C@H](Cc3ccccc3)NC(=O)CCC(=O)CN)cc2)CC(C)(C)C(=O)O)cs1)C(C)C. The van der Waals surface area contributed by atoms with E-state index in [1.165, 1.54) is 17.4 Å². The number of ether oxygens (including phenoxy) is 1. The molecule has 81 heavy (non-hydrogen) atoms. The maximum atomic E-state index is 14.9. The van der Waals surface area contributed by atoms with E-state index in [4.69, 9.17) is 21.7 Å². The lowest BCUT2D eigenvalue weighted by molar-refractivity contribution is -0.213. The number of thiazole rings is 1. The number of Topliss-reactive ketones (excluding diaryl/α,β-unsaturated/α-hetero) is 2. The van der Waals surface area contributed by atoms with E-state index in [1.54, 1.807) is 38.1 Å². The van der Waals surface area contributed by atoms with Gasteiger partial charge < -0.3 is 36.8 Å². The van der Waals surface area contributed by atoms with Gasteiger partial charge in [-0.05, 0) is 101 Å². The van der Waals surface area contributed by atoms with Gasteiger partial charge in [-0.1, -0.05) is 83.0 Å². The summed E-state index contributed by atoms with van der Waals surface area (Å²) in [6.07, 6.45) is 8.35. The minimum Gasteiger partial charge on any atom is -0.481 e. The van der Waals surface area contributed by atoms with Gasteiger partial charge in [0.1, 0.15) is 22.5 Å². The third kappa shape index (κ3) is 21.9. The molecular weight excluding hydrogens is 1060 g/mol. The fourth-order valence-corrected chi connectivity index (χ4v) is 10.3. The second kappa shape index (κ2) is 33.2. The van der Waals surface area contributed by atoms with Crippen LogP contribution in [0.3, 0.4) is 0 Å². The van der Waals surface area contributed by atoms with Crippen LogP contribution in [-0.2, 0) is 60.8 Å². The Bertz CT molecular complexity index is 2640. The van der Waals surface area contributed by atoms with Gasteiger partial charge in [-0.15, -0.1) is 23.7 Å². The first-order valence-corrected chi connectivity index (χ1v) is 28.9. The van der Waals surface area contributed by atoms with Crippen LogP contribution in [0.4, 0.5) is 5.69 Å². The van der Waals surface area contributed by atoms with Gasteiger partial charge in [-0.3, -0.25) is 52.9 Å². The summed E-state index contributed by atoms with van der Waals surface area (Å²) in [6, 6.07) is 12.1. The van der Waals surface area contributed by atoms with Crippen molar-refractivity contribution < 1.29 is 57.8 Å². The molecule has 2 aromatic carbocycles. The molecule has 0 saturated carbocycles. The number of unbranched alkanes of at least 4 members (excludes halogenated alkanes) is 1. The highest BCUT2D eigenvalue weighted by molar-refractivity contribution is 7.09. The number of hydroxylamine groups is 2. The smallest absolute Gasteiger partial charge is 0.309 e. The number of terminal acetylenes is 1. The number of nitrogens with one attached hydrogen (secondary N) is 4. The van der Waals surface area contributed by atoms with Crippen molar-refractivity contribution in [3.8, 4) is 12.3 Å². The first-order valence-electron chi connectivity index (χ1n) is 28.0. The summed E-state index contributed by atoms with van der Waals surface area (Å²) in [5.74, 6) is -2.55. The first kappa shape index (κ1) is 66.7. The van der Waals surface area contributed by atoms with E-state index in [0.717, 1.165) is 36.3 Å². The number of likely N-dealkylation sites (N-methyl/N-ethyl adjacent to an activating group) is 1. The number of likely N-dealkylation sites (tertiary alicyclic amines) is 1. The second-order valence-corrected chi connectivity index (χ2v) is 22.8. The largest absolute Gasteiger partial charge is 0.481 e. The predicted molar refractivity (Wildman–Crippen MR) is 308 cm³/mol. The molecule has 0 radical (unpaired) electrons. The summed E-state index contributed by atoms with van der Waals surface area (Å²) in [6.45, 7) is 12.7. The van der Waals surface area contributed by atoms with E-state index < -0.39 is 71.3 Å². The molecule has 5 amide bonds. The zero-order valence-corrected chi connectivity index (χ0v) is 49.1. The molecule has 0 spiro atoms. The molecule has 2 heterocycles. The Kier molecular flexibility index (Phi) is 27.3. The van der Waals surface area contributed by atoms with Gasteiger partial charge in [0.05, 0.1) is 36.7 Å². The number of rotatable bonds is 34. The van der Waals surface area contributed by atoms with E-state index in [-0.39, 0.29) is 111 Å². The van der Waals surface area contributed by atoms with Gasteiger partial charge in [0.25, 0.3) is 11.8 Å². The number of anilines is 1. The Labute approximate surface area is 480 Å². The molecule has 0 bridgehead atoms. The molecular formula is C60H84N8O12S. The van der Waals surface area contributed by atoms with Crippen LogP contribution in [0.25, 0.3) is 0 Å². The molecule has 1 aromatic heterocycles. The third-order valence-electron chi connectivity index (χ3n) is 14.5. The van der Waals surface area contributed by atoms with E-state index in [0.29, 0.717) is 36.9 Å². The van der Waals surface area contributed by atoms with Crippen LogP contribution in [0.15, 0.2) is 60.0 Å². The standard InChI is InChI=1S/C60H84N8O12S/c1-10-12-18-31-79-68(58(76)54(39(5)11-2)66-56(75)48-21-16-17-30-67(48)9)49(38(3)4)34-51(80-40(6)69)57-65-47(37-81-57)55(74)63-44(35-60(7,8)59(77)78)32-42-22-24-43(25-23-42)62-52(72)29-27-50(71)46(33-41-19-14-13-15-20-41)64-53(73)28-26-45(70)36-61/h1,13-15,19-20,22-25,37-39,44,46,48-49,51,54H,11-12,16-18,21,26-36,61H2,2-9H3,(H,62,72)(H,63,74)(H,64,73)(H,66,75)(H,77,78)/t39-,44-,46-,48+,49+,51+,54-/m0/s1. The number of carbonyl (C=O) groups excluding carboxylic acids is 8. The summed E-state index contributed by atoms with van der Waals surface area (Å²) in [4.78, 5) is 132. The highest BCUT2D eigenvalue weighted by Gasteiger charge is 2.40. The maximum Gasteiger partial charge on any atom is 0.309 e. The number of amides is 5. The van der Waals surface area contributed by atoms with Crippen LogP contribution in [-0.4, -0.2) is 130 Å². The van der Waals surface area contributed by atoms with Crippen LogP contribution in [0, 0.1) is 29.6 Å². The van der Waals surface area contributed by atoms with Crippen LogP contribution in [0.1, 0.15) is 158 Å². The second-order valence-electron chi connectivity index (χ2n) is 21.9. The summed E-state index contributed by atoms with van der Waals surface area (Å²) >= 11 is 1.08. The number of piperidine rings is 1. The molecule has 0 unspecified atom stereocenters. The Morgan fingerprint density at radius 1 is 0.914 bits per heavy atom. The van der Waals surface area contributed by atoms with Crippen molar-refractivity contribution in [1.29, 1.82) is 0 Å². The minimum atomic E-state index is -1.27. The first-order chi connectivity index (χ1) is 38.5. The topological polar surface area (TPSA) is 286 Å². The number of hydrogen-bond acceptors (Lipinski definition) is 15. The number of esters is 1. The molecule has 0 aliphatic carbocycles. The van der Waals surface area contributed by atoms with E-state index in [9.17, 15) is 48.3 Å². The molecule has 1 fully saturated rings. The van der Waals surface area contributed by atoms with Gasteiger partial charge in [0.2, 0.25) is 17.7 Å². The lowest BCUT2D eigenvalue weighted by atomic mass is 9.84. The molecule has 20 nitrogen and oxygen atoms in total. The van der Waals surface area contributed by atoms with Gasteiger partial charge in [0, 0.05) is 62.6 Å². The van der Waals surface area contributed by atoms with Gasteiger partial charge in [-0.25, -0.2) is 10.0 Å². The number of nitrogens with zero attached hydrogens (tertiary/aromatic N) is 3. The maximum absolute atomic E-state index is 14.9. The predicted octanol–water partition coefficient (Wildman–Crippen LogP) is 6.52. The summed E-state index contributed by atoms with van der Waals surface area (Å²) < 4.78 is 5.89. The molecule has 4 rings (SSSR count). The number of carboxylic acid groups (broad SMARTS) is 1. The molecule has 7 atom stereocenters. The Balaban J connectivity index is 1.51. The highest BCUT2D eigenvalue weighted by Crippen LogP contribution is 2.33. The Morgan fingerprint density at radius 3 is 2.21 bits per heavy atom. The zero-order valence-electron chi connectivity index (χ0n) is 48.3. The van der Waals surface area contributed by atoms with Gasteiger partial charge >= 0.3 is 11.9 Å². The number of aromatic nitrogens is 1. The quantitative estimate of drug-likeness (QED) is 0.0161. The van der Waals surface area contributed by atoms with Crippen LogP contribution < -0.4 is 27.0 Å². The lowest BCUT2D eigenvalue weighted by Gasteiger charge is -2.39. The molecule has 442 valence electrons. The highest BCUT2D eigenvalue weighted by atomic mass is 32.1. The molecule has 3 aromatic rings. The summed E-state index contributed by atoms with van der Waals surface area (Å²) in [5.41, 5.74) is 6.02. The molecule has 1 saturated heterocycles. The van der Waals surface area contributed by atoms with Crippen molar-refractivity contribution in [1.82, 2.24) is 30.9 Å². The molecule has 7 N–H and O–H groups in total. The molecule has 21 heteroatoms. The van der Waals surface area contributed by atoms with Crippen molar-refractivity contribution in [2.45, 2.75) is 175 Å². The molecule has 1 aliphatic rings. The van der Waals surface area contributed by atoms with E-state index in [2.05, 4.69) is 32.2 Å². The number of carboxylic acids is 1. The normalized spacial score (nSPS) is 15.8. The van der Waals surface area contributed by atoms with Crippen molar-refractivity contribution in [2.24, 2.45) is 23.0 Å². The van der Waals surface area contributed by atoms with E-state index in [1.807, 2.05) is 70.0 Å². The van der Waals surface area contributed by atoms with Crippen molar-refractivity contribution in [3.63, 3.8) is 0 Å². The monoisotopic (exact) mass is 1140 g/mol. The average molecular weight is 1140 g/mol. The minimum absolute atomic E-state index is 0.0126. The van der Waals surface area contributed by atoms with E-state index >= 15 is 0 Å². The number of nitrogens with two attached hydrogens (primary N) is 1. The number of carbonyl (C=O) groups is 9. The third-order valence-corrected chi connectivity index (χ3v) is 15.4. The van der Waals surface area contributed by atoms with Crippen molar-refractivity contribution >= 4 is 70.1 Å². The zero-order chi connectivity index (χ0) is 59.8. The summed E-state index contributed by atoms with van der Waals surface area (Å²) in [5, 5.41) is 24.7. The van der Waals surface area contributed by atoms with Crippen molar-refractivity contribution in [3.05, 3.63) is 81.8 Å².